The van der Waals surface area contributed by atoms with Gasteiger partial charge in [-0.2, -0.15) is 0 Å². The van der Waals surface area contributed by atoms with Gasteiger partial charge in [-0.15, -0.1) is 0 Å². The molecule has 0 bridgehead atoms. The van der Waals surface area contributed by atoms with Crippen LogP contribution in [0.3, 0.4) is 0 Å². The van der Waals surface area contributed by atoms with Crippen LogP contribution in [0.5, 0.6) is 11.5 Å². The second-order valence-corrected chi connectivity index (χ2v) is 7.59. The predicted molar refractivity (Wildman–Crippen MR) is 117 cm³/mol. The molecule has 0 radical (unpaired) electrons. The van der Waals surface area contributed by atoms with Gasteiger partial charge in [0.05, 0.1) is 12.1 Å². The molecule has 0 saturated carbocycles. The van der Waals surface area contributed by atoms with Crippen LogP contribution < -0.4 is 14.8 Å². The Morgan fingerprint density at radius 1 is 0.857 bits per heavy atom. The molecule has 6 heteroatoms. The summed E-state index contributed by atoms with van der Waals surface area (Å²) in [6, 6.07) is 17.1. The van der Waals surface area contributed by atoms with Crippen LogP contribution in [0.4, 0.5) is 5.69 Å². The molecular weight excluding hydrogens is 417 g/mol. The topological polar surface area (TPSA) is 30.5 Å². The van der Waals surface area contributed by atoms with Crippen molar-refractivity contribution in [3.63, 3.8) is 0 Å². The number of halogens is 3. The minimum atomic E-state index is 0.368. The van der Waals surface area contributed by atoms with Crippen LogP contribution in [0, 0.1) is 6.92 Å². The molecule has 0 unspecified atom stereocenters. The fourth-order valence-electron chi connectivity index (χ4n) is 2.66. The molecule has 1 N–H and O–H groups in total. The van der Waals surface area contributed by atoms with Gasteiger partial charge >= 0.3 is 0 Å². The Kier molecular flexibility index (Phi) is 6.95. The van der Waals surface area contributed by atoms with Crippen molar-refractivity contribution >= 4 is 40.5 Å². The largest absolute Gasteiger partial charge is 0.493 e. The molecule has 28 heavy (non-hydrogen) atoms. The summed E-state index contributed by atoms with van der Waals surface area (Å²) in [5.74, 6) is 1.10. The molecule has 0 aromatic heterocycles. The third-order valence-electron chi connectivity index (χ3n) is 4.25. The fourth-order valence-corrected chi connectivity index (χ4v) is 3.25. The normalized spacial score (nSPS) is 10.6. The Bertz CT molecular complexity index is 959. The average Bonchev–Trinajstić information content (AvgIpc) is 2.69. The number of ether oxygens (including phenoxy) is 2. The maximum absolute atomic E-state index is 6.46. The summed E-state index contributed by atoms with van der Waals surface area (Å²) in [6.45, 7) is 2.92. The van der Waals surface area contributed by atoms with Crippen LogP contribution >= 0.6 is 34.8 Å². The smallest absolute Gasteiger partial charge is 0.180 e. The summed E-state index contributed by atoms with van der Waals surface area (Å²) in [6.07, 6.45) is 0. The molecule has 0 amide bonds. The van der Waals surface area contributed by atoms with E-state index in [4.69, 9.17) is 44.3 Å². The fraction of sp³-hybridized carbons (Fsp3) is 0.182. The van der Waals surface area contributed by atoms with Crippen molar-refractivity contribution in [3.05, 3.63) is 86.4 Å². The number of rotatable bonds is 7. The van der Waals surface area contributed by atoms with Gasteiger partial charge in [0.15, 0.2) is 11.5 Å². The number of methoxy groups -OCH3 is 1. The van der Waals surface area contributed by atoms with Gasteiger partial charge in [0.1, 0.15) is 6.61 Å². The van der Waals surface area contributed by atoms with Gasteiger partial charge < -0.3 is 14.8 Å². The molecule has 3 rings (SSSR count). The lowest BCUT2D eigenvalue weighted by Crippen LogP contribution is -2.03. The summed E-state index contributed by atoms with van der Waals surface area (Å²) in [5, 5.41) is 5.25. The van der Waals surface area contributed by atoms with E-state index in [1.54, 1.807) is 7.11 Å². The first-order valence-corrected chi connectivity index (χ1v) is 9.83. The standard InChI is InChI=1S/C22H20Cl3NO2/c1-14-3-8-18(11-19(14)24)26-12-16-9-20(25)22(21(10-16)27-2)28-13-15-4-6-17(23)7-5-15/h3-11,26H,12-13H2,1-2H3. The van der Waals surface area contributed by atoms with Crippen LogP contribution in [0.25, 0.3) is 0 Å². The lowest BCUT2D eigenvalue weighted by molar-refractivity contribution is 0.284. The third-order valence-corrected chi connectivity index (χ3v) is 5.19. The van der Waals surface area contributed by atoms with Gasteiger partial charge in [-0.1, -0.05) is 53.0 Å². The third kappa shape index (κ3) is 5.26. The number of aryl methyl sites for hydroxylation is 1. The van der Waals surface area contributed by atoms with Crippen molar-refractivity contribution in [2.45, 2.75) is 20.1 Å². The zero-order valence-electron chi connectivity index (χ0n) is 15.6. The quantitative estimate of drug-likeness (QED) is 0.426. The molecule has 0 aliphatic rings. The van der Waals surface area contributed by atoms with E-state index in [9.17, 15) is 0 Å². The molecule has 3 aromatic carbocycles. The molecule has 146 valence electrons. The van der Waals surface area contributed by atoms with E-state index < -0.39 is 0 Å². The summed E-state index contributed by atoms with van der Waals surface area (Å²) in [4.78, 5) is 0. The average molecular weight is 437 g/mol. The van der Waals surface area contributed by atoms with Crippen LogP contribution in [-0.2, 0) is 13.2 Å². The van der Waals surface area contributed by atoms with E-state index in [1.807, 2.05) is 61.5 Å². The van der Waals surface area contributed by atoms with E-state index in [2.05, 4.69) is 5.32 Å². The van der Waals surface area contributed by atoms with E-state index in [-0.39, 0.29) is 0 Å². The van der Waals surface area contributed by atoms with Gasteiger partial charge in [0.25, 0.3) is 0 Å². The second-order valence-electron chi connectivity index (χ2n) is 6.34. The number of nitrogens with one attached hydrogen (secondary N) is 1. The molecule has 3 aromatic rings. The van der Waals surface area contributed by atoms with Crippen molar-refractivity contribution in [2.24, 2.45) is 0 Å². The van der Waals surface area contributed by atoms with Crippen molar-refractivity contribution in [1.29, 1.82) is 0 Å². The molecule has 0 fully saturated rings. The highest BCUT2D eigenvalue weighted by Gasteiger charge is 2.13. The van der Waals surface area contributed by atoms with Crippen LogP contribution in [0.15, 0.2) is 54.6 Å². The van der Waals surface area contributed by atoms with E-state index in [0.29, 0.717) is 34.7 Å². The minimum absolute atomic E-state index is 0.368. The minimum Gasteiger partial charge on any atom is -0.493 e. The summed E-state index contributed by atoms with van der Waals surface area (Å²) in [5.41, 5.74) is 3.94. The highest BCUT2D eigenvalue weighted by Crippen LogP contribution is 2.37. The monoisotopic (exact) mass is 435 g/mol. The lowest BCUT2D eigenvalue weighted by Gasteiger charge is -2.15. The highest BCUT2D eigenvalue weighted by atomic mass is 35.5. The van der Waals surface area contributed by atoms with E-state index in [0.717, 1.165) is 27.4 Å². The maximum Gasteiger partial charge on any atom is 0.180 e. The lowest BCUT2D eigenvalue weighted by atomic mass is 10.1. The zero-order valence-corrected chi connectivity index (χ0v) is 17.8. The Morgan fingerprint density at radius 2 is 1.61 bits per heavy atom. The van der Waals surface area contributed by atoms with Gasteiger partial charge in [-0.25, -0.2) is 0 Å². The van der Waals surface area contributed by atoms with Gasteiger partial charge in [-0.05, 0) is 60.0 Å². The number of hydrogen-bond donors (Lipinski definition) is 1. The van der Waals surface area contributed by atoms with E-state index >= 15 is 0 Å². The SMILES string of the molecule is COc1cc(CNc2ccc(C)c(Cl)c2)cc(Cl)c1OCc1ccc(Cl)cc1. The first kappa shape index (κ1) is 20.7. The number of benzene rings is 3. The molecule has 0 heterocycles. The molecule has 0 spiro atoms. The number of anilines is 1. The Hall–Kier alpha value is -2.07. The van der Waals surface area contributed by atoms with Gasteiger partial charge in [0, 0.05) is 22.3 Å². The molecule has 3 nitrogen and oxygen atoms in total. The van der Waals surface area contributed by atoms with Crippen LogP contribution in [0.2, 0.25) is 15.1 Å². The molecular formula is C22H20Cl3NO2. The predicted octanol–water partition coefficient (Wildman–Crippen LogP) is 7.15. The Labute approximate surface area is 180 Å². The zero-order chi connectivity index (χ0) is 20.1. The molecule has 0 atom stereocenters. The van der Waals surface area contributed by atoms with Gasteiger partial charge in [0.2, 0.25) is 0 Å². The number of hydrogen-bond acceptors (Lipinski definition) is 3. The summed E-state index contributed by atoms with van der Waals surface area (Å²) in [7, 11) is 1.60. The first-order chi connectivity index (χ1) is 13.5. The van der Waals surface area contributed by atoms with Crippen molar-refractivity contribution in [2.75, 3.05) is 12.4 Å². The maximum atomic E-state index is 6.46. The Morgan fingerprint density at radius 3 is 2.29 bits per heavy atom. The molecule has 0 aliphatic heterocycles. The van der Waals surface area contributed by atoms with Gasteiger partial charge in [-0.3, -0.25) is 0 Å². The van der Waals surface area contributed by atoms with Crippen LogP contribution in [0.1, 0.15) is 16.7 Å². The van der Waals surface area contributed by atoms with Crippen molar-refractivity contribution < 1.29 is 9.47 Å². The van der Waals surface area contributed by atoms with Crippen LogP contribution in [-0.4, -0.2) is 7.11 Å². The van der Waals surface area contributed by atoms with Crippen molar-refractivity contribution in [3.8, 4) is 11.5 Å². The summed E-state index contributed by atoms with van der Waals surface area (Å²) < 4.78 is 11.4. The second kappa shape index (κ2) is 9.42. The summed E-state index contributed by atoms with van der Waals surface area (Å²) >= 11 is 18.5. The Balaban J connectivity index is 1.71. The molecule has 0 saturated heterocycles. The van der Waals surface area contributed by atoms with E-state index in [1.165, 1.54) is 0 Å². The highest BCUT2D eigenvalue weighted by molar-refractivity contribution is 6.32. The van der Waals surface area contributed by atoms with Crippen molar-refractivity contribution in [1.82, 2.24) is 0 Å². The first-order valence-electron chi connectivity index (χ1n) is 8.70. The molecule has 0 aliphatic carbocycles.